The molecular weight excluding hydrogens is 182 g/mol. The Kier molecular flexibility index (Phi) is 4.99. The van der Waals surface area contributed by atoms with Crippen LogP contribution < -0.4 is 10.6 Å². The molecule has 4 nitrogen and oxygen atoms in total. The monoisotopic (exact) mass is 197 g/mol. The Morgan fingerprint density at radius 2 is 1.93 bits per heavy atom. The van der Waals surface area contributed by atoms with Crippen molar-refractivity contribution in [1.29, 1.82) is 0 Å². The molecule has 0 bridgehead atoms. The molecule has 0 aromatic heterocycles. The maximum Gasteiger partial charge on any atom is 0.174 e. The van der Waals surface area contributed by atoms with E-state index in [1.54, 1.807) is 6.92 Å². The molecule has 1 unspecified atom stereocenters. The molecule has 1 aromatic carbocycles. The fourth-order valence-electron chi connectivity index (χ4n) is 0.930. The summed E-state index contributed by atoms with van der Waals surface area (Å²) in [7, 11) is 0. The van der Waals surface area contributed by atoms with Gasteiger partial charge >= 0.3 is 0 Å². The summed E-state index contributed by atoms with van der Waals surface area (Å²) in [5.74, 6) is 5.73. The second-order valence-corrected chi connectivity index (χ2v) is 2.74. The van der Waals surface area contributed by atoms with Gasteiger partial charge in [-0.15, -0.1) is 0 Å². The molecular formula is C10H15NO3. The number of para-hydroxylation sites is 1. The van der Waals surface area contributed by atoms with E-state index in [9.17, 15) is 0 Å². The second kappa shape index (κ2) is 6.37. The van der Waals surface area contributed by atoms with Crippen molar-refractivity contribution in [1.82, 2.24) is 0 Å². The summed E-state index contributed by atoms with van der Waals surface area (Å²) in [5.41, 5.74) is 0. The van der Waals surface area contributed by atoms with Gasteiger partial charge in [-0.3, -0.25) is 4.84 Å². The summed E-state index contributed by atoms with van der Waals surface area (Å²) in [6.07, 6.45) is -0.394. The predicted octanol–water partition coefficient (Wildman–Crippen LogP) is 1.32. The number of hydrogen-bond donors (Lipinski definition) is 1. The zero-order chi connectivity index (χ0) is 10.2. The van der Waals surface area contributed by atoms with Gasteiger partial charge in [0.1, 0.15) is 12.4 Å². The van der Waals surface area contributed by atoms with Crippen molar-refractivity contribution < 1.29 is 14.3 Å². The molecule has 0 aliphatic rings. The highest BCUT2D eigenvalue weighted by Gasteiger charge is 1.98. The number of rotatable bonds is 6. The molecule has 0 saturated heterocycles. The molecule has 14 heavy (non-hydrogen) atoms. The van der Waals surface area contributed by atoms with E-state index in [0.717, 1.165) is 5.75 Å². The van der Waals surface area contributed by atoms with Gasteiger partial charge in [-0.05, 0) is 19.1 Å². The average Bonchev–Trinajstić information content (AvgIpc) is 2.25. The van der Waals surface area contributed by atoms with Crippen molar-refractivity contribution in [3.05, 3.63) is 30.3 Å². The lowest BCUT2D eigenvalue weighted by atomic mass is 10.3. The molecule has 0 radical (unpaired) electrons. The lowest BCUT2D eigenvalue weighted by Crippen LogP contribution is -2.20. The van der Waals surface area contributed by atoms with Crippen LogP contribution in [-0.4, -0.2) is 19.5 Å². The summed E-state index contributed by atoms with van der Waals surface area (Å²) in [6, 6.07) is 9.56. The van der Waals surface area contributed by atoms with Crippen molar-refractivity contribution in [3.63, 3.8) is 0 Å². The number of hydrogen-bond acceptors (Lipinski definition) is 4. The van der Waals surface area contributed by atoms with Crippen molar-refractivity contribution in [2.24, 2.45) is 5.90 Å². The van der Waals surface area contributed by atoms with E-state index in [0.29, 0.717) is 13.2 Å². The Morgan fingerprint density at radius 3 is 2.57 bits per heavy atom. The summed E-state index contributed by atoms with van der Waals surface area (Å²) >= 11 is 0. The Morgan fingerprint density at radius 1 is 1.21 bits per heavy atom. The lowest BCUT2D eigenvalue weighted by molar-refractivity contribution is -0.137. The molecule has 1 atom stereocenters. The minimum Gasteiger partial charge on any atom is -0.491 e. The molecule has 0 fully saturated rings. The first-order valence-corrected chi connectivity index (χ1v) is 4.48. The quantitative estimate of drug-likeness (QED) is 0.424. The van der Waals surface area contributed by atoms with E-state index in [2.05, 4.69) is 4.84 Å². The van der Waals surface area contributed by atoms with E-state index >= 15 is 0 Å². The highest BCUT2D eigenvalue weighted by atomic mass is 16.8. The minimum atomic E-state index is -0.394. The molecule has 0 heterocycles. The van der Waals surface area contributed by atoms with Crippen LogP contribution in [-0.2, 0) is 9.57 Å². The molecule has 0 spiro atoms. The summed E-state index contributed by atoms with van der Waals surface area (Å²) in [4.78, 5) is 4.42. The van der Waals surface area contributed by atoms with Crippen LogP contribution in [0.4, 0.5) is 0 Å². The molecule has 0 amide bonds. The molecule has 0 aliphatic heterocycles. The van der Waals surface area contributed by atoms with E-state index in [1.165, 1.54) is 0 Å². The van der Waals surface area contributed by atoms with Crippen LogP contribution in [0.3, 0.4) is 0 Å². The van der Waals surface area contributed by atoms with Gasteiger partial charge in [0.25, 0.3) is 0 Å². The van der Waals surface area contributed by atoms with Gasteiger partial charge in [0.05, 0.1) is 6.61 Å². The largest absolute Gasteiger partial charge is 0.491 e. The smallest absolute Gasteiger partial charge is 0.174 e. The van der Waals surface area contributed by atoms with E-state index in [1.807, 2.05) is 30.3 Å². The summed E-state index contributed by atoms with van der Waals surface area (Å²) in [5, 5.41) is 0. The lowest BCUT2D eigenvalue weighted by Gasteiger charge is -2.10. The van der Waals surface area contributed by atoms with Gasteiger partial charge in [-0.1, -0.05) is 18.2 Å². The highest BCUT2D eigenvalue weighted by molar-refractivity contribution is 5.20. The Labute approximate surface area is 83.5 Å². The number of benzene rings is 1. The predicted molar refractivity (Wildman–Crippen MR) is 52.6 cm³/mol. The highest BCUT2D eigenvalue weighted by Crippen LogP contribution is 2.07. The Bertz CT molecular complexity index is 240. The van der Waals surface area contributed by atoms with Crippen molar-refractivity contribution in [3.8, 4) is 5.75 Å². The Hall–Kier alpha value is -1.10. The zero-order valence-corrected chi connectivity index (χ0v) is 8.18. The summed E-state index contributed by atoms with van der Waals surface area (Å²) in [6.45, 7) is 2.66. The van der Waals surface area contributed by atoms with E-state index < -0.39 is 6.29 Å². The molecule has 1 rings (SSSR count). The van der Waals surface area contributed by atoms with Gasteiger partial charge in [-0.2, -0.15) is 0 Å². The van der Waals surface area contributed by atoms with Gasteiger partial charge in [0.2, 0.25) is 0 Å². The summed E-state index contributed by atoms with van der Waals surface area (Å²) < 4.78 is 10.5. The van der Waals surface area contributed by atoms with Gasteiger partial charge in [-0.25, -0.2) is 5.90 Å². The third kappa shape index (κ3) is 4.23. The maximum atomic E-state index is 5.38. The van der Waals surface area contributed by atoms with Gasteiger partial charge in [0.15, 0.2) is 6.29 Å². The van der Waals surface area contributed by atoms with E-state index in [4.69, 9.17) is 15.4 Å². The number of nitrogens with two attached hydrogens (primary N) is 1. The molecule has 2 N–H and O–H groups in total. The van der Waals surface area contributed by atoms with Gasteiger partial charge < -0.3 is 9.47 Å². The topological polar surface area (TPSA) is 53.7 Å². The fraction of sp³-hybridized carbons (Fsp3) is 0.400. The van der Waals surface area contributed by atoms with Crippen molar-refractivity contribution >= 4 is 0 Å². The molecule has 0 aliphatic carbocycles. The second-order valence-electron chi connectivity index (χ2n) is 2.74. The van der Waals surface area contributed by atoms with Crippen LogP contribution in [0, 0.1) is 0 Å². The normalized spacial score (nSPS) is 12.4. The van der Waals surface area contributed by atoms with Crippen LogP contribution >= 0.6 is 0 Å². The first kappa shape index (κ1) is 11.0. The first-order valence-electron chi connectivity index (χ1n) is 4.48. The maximum absolute atomic E-state index is 5.38. The first-order chi connectivity index (χ1) is 6.83. The molecule has 78 valence electrons. The van der Waals surface area contributed by atoms with Crippen LogP contribution in [0.25, 0.3) is 0 Å². The van der Waals surface area contributed by atoms with Crippen LogP contribution in [0.5, 0.6) is 5.75 Å². The van der Waals surface area contributed by atoms with Crippen LogP contribution in [0.1, 0.15) is 6.92 Å². The minimum absolute atomic E-state index is 0.394. The number of ether oxygens (including phenoxy) is 2. The van der Waals surface area contributed by atoms with Gasteiger partial charge in [0, 0.05) is 0 Å². The molecule has 0 saturated carbocycles. The van der Waals surface area contributed by atoms with Crippen molar-refractivity contribution in [2.75, 3.05) is 13.2 Å². The third-order valence-corrected chi connectivity index (χ3v) is 1.64. The van der Waals surface area contributed by atoms with Crippen LogP contribution in [0.2, 0.25) is 0 Å². The Balaban J connectivity index is 2.10. The molecule has 1 aromatic rings. The molecule has 4 heteroatoms. The van der Waals surface area contributed by atoms with E-state index in [-0.39, 0.29) is 0 Å². The van der Waals surface area contributed by atoms with Crippen molar-refractivity contribution in [2.45, 2.75) is 13.2 Å². The zero-order valence-electron chi connectivity index (χ0n) is 8.18. The fourth-order valence-corrected chi connectivity index (χ4v) is 0.930. The standard InChI is InChI=1S/C10H15NO3/c1-9(14-11)12-7-8-13-10-5-3-2-4-6-10/h2-6,9H,7-8,11H2,1H3. The average molecular weight is 197 g/mol. The van der Waals surface area contributed by atoms with Crippen LogP contribution in [0.15, 0.2) is 30.3 Å². The SMILES string of the molecule is CC(ON)OCCOc1ccccc1. The third-order valence-electron chi connectivity index (χ3n) is 1.64.